The molecule has 1 unspecified atom stereocenters. The Kier molecular flexibility index (Phi) is 5.75. The molecular formula is C23H33N7O2. The summed E-state index contributed by atoms with van der Waals surface area (Å²) in [6.07, 6.45) is 6.02. The van der Waals surface area contributed by atoms with Gasteiger partial charge in [-0.05, 0) is 44.4 Å². The molecule has 4 heterocycles. The fourth-order valence-corrected chi connectivity index (χ4v) is 5.06. The Balaban J connectivity index is 1.44. The molecule has 2 saturated heterocycles. The largest absolute Gasteiger partial charge is 0.391 e. The number of aryl methyl sites for hydroxylation is 1. The standard InChI is InChI=1S/C23H33N7O2/c1-14(2)18-12-20(28-27-18)25-21-16-7-6-8-17(16)24-23(26-21)30-13-15(31)11-19(30)22(32)29-9-4-3-5-10-29/h12,14-15,19,31H,3-11,13H2,1-2H3,(H2,24,25,26,27,28)/t15?,19-/m1/s1. The molecule has 0 radical (unpaired) electrons. The number of aromatic nitrogens is 4. The molecule has 2 aliphatic heterocycles. The van der Waals surface area contributed by atoms with Crippen molar-refractivity contribution in [3.8, 4) is 0 Å². The zero-order chi connectivity index (χ0) is 22.2. The van der Waals surface area contributed by atoms with Gasteiger partial charge in [-0.15, -0.1) is 0 Å². The highest BCUT2D eigenvalue weighted by atomic mass is 16.3. The molecule has 0 bridgehead atoms. The van der Waals surface area contributed by atoms with E-state index in [0.29, 0.717) is 24.8 Å². The van der Waals surface area contributed by atoms with E-state index < -0.39 is 12.1 Å². The number of likely N-dealkylation sites (tertiary alicyclic amines) is 1. The molecule has 3 N–H and O–H groups in total. The number of nitrogens with one attached hydrogen (secondary N) is 2. The Bertz CT molecular complexity index is 983. The van der Waals surface area contributed by atoms with Crippen LogP contribution in [0, 0.1) is 0 Å². The highest BCUT2D eigenvalue weighted by Crippen LogP contribution is 2.33. The maximum Gasteiger partial charge on any atom is 0.245 e. The van der Waals surface area contributed by atoms with Gasteiger partial charge in [-0.3, -0.25) is 9.89 Å². The first kappa shape index (κ1) is 21.2. The Labute approximate surface area is 188 Å². The summed E-state index contributed by atoms with van der Waals surface area (Å²) in [5.41, 5.74) is 3.22. The minimum absolute atomic E-state index is 0.0914. The molecule has 1 amide bonds. The number of H-pyrrole nitrogens is 1. The number of β-amino-alcohol motifs (C(OH)–C–C–N with tert-alkyl or cyclic N) is 1. The predicted octanol–water partition coefficient (Wildman–Crippen LogP) is 2.51. The first-order valence-corrected chi connectivity index (χ1v) is 11.9. The number of aliphatic hydroxyl groups is 1. The third-order valence-electron chi connectivity index (χ3n) is 6.88. The molecule has 2 atom stereocenters. The minimum atomic E-state index is -0.554. The first-order valence-electron chi connectivity index (χ1n) is 11.9. The zero-order valence-electron chi connectivity index (χ0n) is 19.0. The quantitative estimate of drug-likeness (QED) is 0.656. The third kappa shape index (κ3) is 4.05. The van der Waals surface area contributed by atoms with Gasteiger partial charge in [0.25, 0.3) is 0 Å². The van der Waals surface area contributed by atoms with Crippen molar-refractivity contribution < 1.29 is 9.90 Å². The van der Waals surface area contributed by atoms with Crippen molar-refractivity contribution in [2.75, 3.05) is 29.9 Å². The molecular weight excluding hydrogens is 406 g/mol. The van der Waals surface area contributed by atoms with Crippen molar-refractivity contribution in [1.82, 2.24) is 25.1 Å². The van der Waals surface area contributed by atoms with E-state index in [0.717, 1.165) is 73.8 Å². The number of nitrogens with zero attached hydrogens (tertiary/aromatic N) is 5. The van der Waals surface area contributed by atoms with Crippen molar-refractivity contribution in [1.29, 1.82) is 0 Å². The number of hydrogen-bond donors (Lipinski definition) is 3. The minimum Gasteiger partial charge on any atom is -0.391 e. The number of fused-ring (bicyclic) bond motifs is 1. The van der Waals surface area contributed by atoms with Crippen molar-refractivity contribution in [3.05, 3.63) is 23.0 Å². The maximum absolute atomic E-state index is 13.3. The highest BCUT2D eigenvalue weighted by Gasteiger charge is 2.40. The maximum atomic E-state index is 13.3. The number of carbonyl (C=O) groups is 1. The topological polar surface area (TPSA) is 110 Å². The molecule has 3 aliphatic rings. The van der Waals surface area contributed by atoms with E-state index >= 15 is 0 Å². The summed E-state index contributed by atoms with van der Waals surface area (Å²) in [5, 5.41) is 21.3. The average Bonchev–Trinajstić information content (AvgIpc) is 3.53. The number of rotatable bonds is 5. The van der Waals surface area contributed by atoms with Gasteiger partial charge in [-0.25, -0.2) is 4.98 Å². The van der Waals surface area contributed by atoms with Crippen molar-refractivity contribution in [3.63, 3.8) is 0 Å². The van der Waals surface area contributed by atoms with E-state index in [1.807, 2.05) is 15.9 Å². The molecule has 9 heteroatoms. The summed E-state index contributed by atoms with van der Waals surface area (Å²) in [6, 6.07) is 1.60. The van der Waals surface area contributed by atoms with Crippen LogP contribution in [0.4, 0.5) is 17.6 Å². The molecule has 172 valence electrons. The SMILES string of the molecule is CC(C)c1cc(Nc2nc(N3CC(O)C[C@@H]3C(=O)N3CCCCC3)nc3c2CCC3)n[nH]1. The second-order valence-electron chi connectivity index (χ2n) is 9.58. The lowest BCUT2D eigenvalue weighted by Crippen LogP contribution is -2.48. The normalized spacial score (nSPS) is 23.1. The van der Waals surface area contributed by atoms with E-state index in [4.69, 9.17) is 9.97 Å². The first-order chi connectivity index (χ1) is 15.5. The van der Waals surface area contributed by atoms with Crippen LogP contribution in [0.15, 0.2) is 6.07 Å². The summed E-state index contributed by atoms with van der Waals surface area (Å²) >= 11 is 0. The van der Waals surface area contributed by atoms with Crippen LogP contribution in [0.1, 0.15) is 68.8 Å². The van der Waals surface area contributed by atoms with Gasteiger partial charge in [0.2, 0.25) is 11.9 Å². The number of piperidine rings is 1. The molecule has 9 nitrogen and oxygen atoms in total. The predicted molar refractivity (Wildman–Crippen MR) is 122 cm³/mol. The lowest BCUT2D eigenvalue weighted by molar-refractivity contribution is -0.133. The van der Waals surface area contributed by atoms with Crippen LogP contribution in [0.3, 0.4) is 0 Å². The molecule has 0 spiro atoms. The van der Waals surface area contributed by atoms with Crippen LogP contribution < -0.4 is 10.2 Å². The van der Waals surface area contributed by atoms with E-state index in [9.17, 15) is 9.90 Å². The second-order valence-corrected chi connectivity index (χ2v) is 9.58. The molecule has 2 fully saturated rings. The highest BCUT2D eigenvalue weighted by molar-refractivity contribution is 5.85. The molecule has 1 aliphatic carbocycles. The Morgan fingerprint density at radius 2 is 2.00 bits per heavy atom. The van der Waals surface area contributed by atoms with Crippen LogP contribution in [0.5, 0.6) is 0 Å². The fourth-order valence-electron chi connectivity index (χ4n) is 5.06. The fraction of sp³-hybridized carbons (Fsp3) is 0.652. The third-order valence-corrected chi connectivity index (χ3v) is 6.88. The van der Waals surface area contributed by atoms with Gasteiger partial charge in [0.05, 0.1) is 11.8 Å². The number of hydrogen-bond acceptors (Lipinski definition) is 7. The second kappa shape index (κ2) is 8.69. The van der Waals surface area contributed by atoms with Crippen molar-refractivity contribution in [2.24, 2.45) is 0 Å². The number of carbonyl (C=O) groups excluding carboxylic acids is 1. The monoisotopic (exact) mass is 439 g/mol. The van der Waals surface area contributed by atoms with Crippen molar-refractivity contribution >= 4 is 23.5 Å². The van der Waals surface area contributed by atoms with Crippen LogP contribution in [-0.4, -0.2) is 67.9 Å². The lowest BCUT2D eigenvalue weighted by atomic mass is 10.1. The van der Waals surface area contributed by atoms with Crippen LogP contribution >= 0.6 is 0 Å². The van der Waals surface area contributed by atoms with Crippen LogP contribution in [-0.2, 0) is 17.6 Å². The number of aromatic amines is 1. The summed E-state index contributed by atoms with van der Waals surface area (Å²) in [7, 11) is 0. The summed E-state index contributed by atoms with van der Waals surface area (Å²) in [4.78, 5) is 26.9. The Morgan fingerprint density at radius 3 is 2.75 bits per heavy atom. The molecule has 2 aromatic heterocycles. The molecule has 32 heavy (non-hydrogen) atoms. The Morgan fingerprint density at radius 1 is 1.19 bits per heavy atom. The lowest BCUT2D eigenvalue weighted by Gasteiger charge is -2.32. The molecule has 0 aromatic carbocycles. The van der Waals surface area contributed by atoms with Gasteiger partial charge in [0.15, 0.2) is 5.82 Å². The van der Waals surface area contributed by atoms with Gasteiger partial charge in [0, 0.05) is 43.4 Å². The summed E-state index contributed by atoms with van der Waals surface area (Å²) in [5.74, 6) is 2.47. The van der Waals surface area contributed by atoms with E-state index in [-0.39, 0.29) is 5.91 Å². The molecule has 2 aromatic rings. The number of anilines is 3. The van der Waals surface area contributed by atoms with Crippen LogP contribution in [0.2, 0.25) is 0 Å². The summed E-state index contributed by atoms with van der Waals surface area (Å²) < 4.78 is 0. The van der Waals surface area contributed by atoms with E-state index in [1.165, 1.54) is 6.42 Å². The van der Waals surface area contributed by atoms with Crippen LogP contribution in [0.25, 0.3) is 0 Å². The zero-order valence-corrected chi connectivity index (χ0v) is 19.0. The summed E-state index contributed by atoms with van der Waals surface area (Å²) in [6.45, 7) is 6.22. The van der Waals surface area contributed by atoms with Gasteiger partial charge >= 0.3 is 0 Å². The Hall–Kier alpha value is -2.68. The van der Waals surface area contributed by atoms with E-state index in [1.54, 1.807) is 0 Å². The molecule has 5 rings (SSSR count). The number of aliphatic hydroxyl groups excluding tert-OH is 1. The smallest absolute Gasteiger partial charge is 0.245 e. The van der Waals surface area contributed by atoms with Gasteiger partial charge in [0.1, 0.15) is 11.9 Å². The number of amides is 1. The average molecular weight is 440 g/mol. The van der Waals surface area contributed by atoms with E-state index in [2.05, 4.69) is 29.4 Å². The molecule has 0 saturated carbocycles. The van der Waals surface area contributed by atoms with Gasteiger partial charge < -0.3 is 20.2 Å². The van der Waals surface area contributed by atoms with Gasteiger partial charge in [-0.2, -0.15) is 10.1 Å². The van der Waals surface area contributed by atoms with Crippen molar-refractivity contribution in [2.45, 2.75) is 76.9 Å². The van der Waals surface area contributed by atoms with Gasteiger partial charge in [-0.1, -0.05) is 13.8 Å².